The molecule has 0 saturated carbocycles. The highest BCUT2D eigenvalue weighted by molar-refractivity contribution is 6.03. The summed E-state index contributed by atoms with van der Waals surface area (Å²) in [6.07, 6.45) is 6.55. The third-order valence-corrected chi connectivity index (χ3v) is 5.39. The van der Waals surface area contributed by atoms with Crippen LogP contribution in [-0.4, -0.2) is 46.6 Å². The molecule has 9 nitrogen and oxygen atoms in total. The van der Waals surface area contributed by atoms with Crippen molar-refractivity contribution in [2.75, 3.05) is 46.6 Å². The van der Waals surface area contributed by atoms with Gasteiger partial charge in [0.1, 0.15) is 5.75 Å². The molecule has 0 saturated heterocycles. The SMILES string of the molecule is COc1ccc(/C=C/C(=O)Nc2cc(/C=C/c3cc(OC)c(OC)c(OC)c3)cc(O)c2OC)cc1N. The number of hydrogen-bond donors (Lipinski definition) is 3. The lowest BCUT2D eigenvalue weighted by molar-refractivity contribution is -0.111. The molecule has 0 aromatic heterocycles. The van der Waals surface area contributed by atoms with Gasteiger partial charge in [-0.25, -0.2) is 0 Å². The Hall–Kier alpha value is -4.79. The maximum atomic E-state index is 12.6. The molecule has 4 N–H and O–H groups in total. The van der Waals surface area contributed by atoms with Crippen LogP contribution in [-0.2, 0) is 4.79 Å². The van der Waals surface area contributed by atoms with E-state index in [2.05, 4.69) is 5.32 Å². The minimum absolute atomic E-state index is 0.128. The average molecular weight is 507 g/mol. The van der Waals surface area contributed by atoms with Crippen LogP contribution < -0.4 is 34.7 Å². The highest BCUT2D eigenvalue weighted by Gasteiger charge is 2.14. The van der Waals surface area contributed by atoms with Crippen LogP contribution in [0.25, 0.3) is 18.2 Å². The van der Waals surface area contributed by atoms with Crippen LogP contribution in [0.1, 0.15) is 16.7 Å². The molecule has 0 radical (unpaired) electrons. The van der Waals surface area contributed by atoms with Crippen molar-refractivity contribution in [3.8, 4) is 34.5 Å². The van der Waals surface area contributed by atoms with E-state index >= 15 is 0 Å². The zero-order chi connectivity index (χ0) is 26.9. The number of benzene rings is 3. The van der Waals surface area contributed by atoms with Crippen LogP contribution in [0.2, 0.25) is 0 Å². The summed E-state index contributed by atoms with van der Waals surface area (Å²) in [6, 6.07) is 12.0. The van der Waals surface area contributed by atoms with Gasteiger partial charge in [-0.3, -0.25) is 4.79 Å². The van der Waals surface area contributed by atoms with Crippen molar-refractivity contribution in [3.05, 3.63) is 65.2 Å². The summed E-state index contributed by atoms with van der Waals surface area (Å²) in [6.45, 7) is 0. The van der Waals surface area contributed by atoms with E-state index < -0.39 is 5.91 Å². The second-order valence-corrected chi connectivity index (χ2v) is 7.74. The van der Waals surface area contributed by atoms with E-state index in [-0.39, 0.29) is 11.5 Å². The van der Waals surface area contributed by atoms with Gasteiger partial charge >= 0.3 is 0 Å². The molecule has 0 unspecified atom stereocenters. The first-order valence-electron chi connectivity index (χ1n) is 11.1. The highest BCUT2D eigenvalue weighted by Crippen LogP contribution is 2.39. The van der Waals surface area contributed by atoms with E-state index in [0.717, 1.165) is 11.1 Å². The van der Waals surface area contributed by atoms with Crippen molar-refractivity contribution in [2.24, 2.45) is 0 Å². The van der Waals surface area contributed by atoms with Crippen LogP contribution in [0.5, 0.6) is 34.5 Å². The summed E-state index contributed by atoms with van der Waals surface area (Å²) in [5.41, 5.74) is 8.80. The van der Waals surface area contributed by atoms with Gasteiger partial charge in [0.15, 0.2) is 23.0 Å². The Morgan fingerprint density at radius 2 is 1.32 bits per heavy atom. The second kappa shape index (κ2) is 12.3. The van der Waals surface area contributed by atoms with Crippen LogP contribution >= 0.6 is 0 Å². The molecular weight excluding hydrogens is 476 g/mol. The van der Waals surface area contributed by atoms with E-state index in [9.17, 15) is 9.90 Å². The number of nitrogen functional groups attached to an aromatic ring is 1. The number of nitrogens with two attached hydrogens (primary N) is 1. The number of nitrogens with one attached hydrogen (secondary N) is 1. The molecule has 3 rings (SSSR count). The Morgan fingerprint density at radius 3 is 1.86 bits per heavy atom. The van der Waals surface area contributed by atoms with Crippen molar-refractivity contribution in [2.45, 2.75) is 0 Å². The number of phenolic OH excluding ortho intramolecular Hbond substituents is 1. The number of anilines is 2. The molecular formula is C28H30N2O7. The van der Waals surface area contributed by atoms with E-state index in [0.29, 0.717) is 39.9 Å². The number of carbonyl (C=O) groups excluding carboxylic acids is 1. The number of ether oxygens (including phenoxy) is 5. The fourth-order valence-electron chi connectivity index (χ4n) is 3.63. The third kappa shape index (κ3) is 6.46. The molecule has 194 valence electrons. The van der Waals surface area contributed by atoms with Gasteiger partial charge in [0.2, 0.25) is 11.7 Å². The number of amides is 1. The topological polar surface area (TPSA) is 122 Å². The zero-order valence-electron chi connectivity index (χ0n) is 21.3. The predicted molar refractivity (Wildman–Crippen MR) is 145 cm³/mol. The minimum atomic E-state index is -0.419. The largest absolute Gasteiger partial charge is 0.504 e. The van der Waals surface area contributed by atoms with Crippen molar-refractivity contribution < 1.29 is 33.6 Å². The molecule has 0 heterocycles. The van der Waals surface area contributed by atoms with Gasteiger partial charge < -0.3 is 39.8 Å². The molecule has 1 amide bonds. The molecule has 0 fully saturated rings. The number of hydrogen-bond acceptors (Lipinski definition) is 8. The highest BCUT2D eigenvalue weighted by atomic mass is 16.5. The molecule has 0 aliphatic rings. The molecule has 9 heteroatoms. The molecule has 3 aromatic carbocycles. The predicted octanol–water partition coefficient (Wildman–Crippen LogP) is 4.84. The minimum Gasteiger partial charge on any atom is -0.504 e. The smallest absolute Gasteiger partial charge is 0.248 e. The summed E-state index contributed by atoms with van der Waals surface area (Å²) >= 11 is 0. The number of carbonyl (C=O) groups is 1. The van der Waals surface area contributed by atoms with Gasteiger partial charge in [0, 0.05) is 6.08 Å². The molecule has 0 aliphatic carbocycles. The number of aromatic hydroxyl groups is 1. The standard InChI is InChI=1S/C28H30N2O7/c1-33-23-10-8-17(12-20(23)29)9-11-26(32)30-21-13-18(14-22(31)27(21)36-4)6-7-19-15-24(34-2)28(37-5)25(16-19)35-3/h6-16,31H,29H2,1-5H3,(H,30,32)/b7-6+,11-9+. The van der Waals surface area contributed by atoms with Gasteiger partial charge in [-0.2, -0.15) is 0 Å². The Bertz CT molecular complexity index is 1310. The second-order valence-electron chi connectivity index (χ2n) is 7.74. The number of phenols is 1. The monoisotopic (exact) mass is 506 g/mol. The number of rotatable bonds is 10. The Balaban J connectivity index is 1.85. The first-order valence-corrected chi connectivity index (χ1v) is 11.1. The average Bonchev–Trinajstić information content (AvgIpc) is 2.90. The maximum absolute atomic E-state index is 12.6. The third-order valence-electron chi connectivity index (χ3n) is 5.39. The zero-order valence-corrected chi connectivity index (χ0v) is 21.3. The van der Waals surface area contributed by atoms with Gasteiger partial charge in [-0.05, 0) is 59.2 Å². The molecule has 0 atom stereocenters. The summed E-state index contributed by atoms with van der Waals surface area (Å²) in [7, 11) is 7.56. The van der Waals surface area contributed by atoms with Crippen molar-refractivity contribution in [3.63, 3.8) is 0 Å². The van der Waals surface area contributed by atoms with Crippen LogP contribution in [0.3, 0.4) is 0 Å². The molecule has 0 bridgehead atoms. The summed E-state index contributed by atoms with van der Waals surface area (Å²) < 4.78 is 26.6. The summed E-state index contributed by atoms with van der Waals surface area (Å²) in [5.74, 6) is 1.66. The van der Waals surface area contributed by atoms with Gasteiger partial charge in [-0.15, -0.1) is 0 Å². The fourth-order valence-corrected chi connectivity index (χ4v) is 3.63. The molecule has 0 aliphatic heterocycles. The lowest BCUT2D eigenvalue weighted by atomic mass is 10.1. The quantitative estimate of drug-likeness (QED) is 0.203. The number of methoxy groups -OCH3 is 5. The lowest BCUT2D eigenvalue weighted by Gasteiger charge is -2.13. The Labute approximate surface area is 215 Å². The summed E-state index contributed by atoms with van der Waals surface area (Å²) in [5, 5.41) is 13.2. The van der Waals surface area contributed by atoms with E-state index in [1.807, 2.05) is 6.08 Å². The van der Waals surface area contributed by atoms with Gasteiger partial charge in [0.25, 0.3) is 0 Å². The Kier molecular flexibility index (Phi) is 8.88. The summed E-state index contributed by atoms with van der Waals surface area (Å²) in [4.78, 5) is 12.6. The van der Waals surface area contributed by atoms with Gasteiger partial charge in [0.05, 0.1) is 46.9 Å². The maximum Gasteiger partial charge on any atom is 0.248 e. The molecule has 3 aromatic rings. The van der Waals surface area contributed by atoms with Crippen molar-refractivity contribution in [1.82, 2.24) is 0 Å². The Morgan fingerprint density at radius 1 is 0.730 bits per heavy atom. The van der Waals surface area contributed by atoms with Crippen molar-refractivity contribution >= 4 is 35.5 Å². The normalized spacial score (nSPS) is 10.9. The van der Waals surface area contributed by atoms with E-state index in [1.54, 1.807) is 62.8 Å². The van der Waals surface area contributed by atoms with Crippen molar-refractivity contribution in [1.29, 1.82) is 0 Å². The fraction of sp³-hybridized carbons (Fsp3) is 0.179. The van der Waals surface area contributed by atoms with E-state index in [1.165, 1.54) is 33.5 Å². The van der Waals surface area contributed by atoms with Crippen LogP contribution in [0.15, 0.2) is 48.5 Å². The molecule has 37 heavy (non-hydrogen) atoms. The first kappa shape index (κ1) is 26.8. The lowest BCUT2D eigenvalue weighted by Crippen LogP contribution is -2.09. The van der Waals surface area contributed by atoms with E-state index in [4.69, 9.17) is 29.4 Å². The van der Waals surface area contributed by atoms with Crippen LogP contribution in [0, 0.1) is 0 Å². The molecule has 0 spiro atoms. The first-order chi connectivity index (χ1) is 17.8. The van der Waals surface area contributed by atoms with Gasteiger partial charge in [-0.1, -0.05) is 18.2 Å². The van der Waals surface area contributed by atoms with Crippen LogP contribution in [0.4, 0.5) is 11.4 Å².